The summed E-state index contributed by atoms with van der Waals surface area (Å²) < 4.78 is 51.1. The van der Waals surface area contributed by atoms with Crippen LogP contribution in [0.4, 0.5) is 0 Å². The number of halogens is 1. The fraction of sp³-hybridized carbons (Fsp3) is 0.667. The van der Waals surface area contributed by atoms with Gasteiger partial charge in [0, 0.05) is 19.1 Å². The minimum absolute atomic E-state index is 0.0718. The first-order valence-corrected chi connectivity index (χ1v) is 10.3. The molecule has 1 aliphatic heterocycles. The maximum Gasteiger partial charge on any atom is 0.254 e. The molecule has 0 amide bonds. The average molecular weight is 360 g/mol. The molecule has 1 N–H and O–H groups in total. The first-order valence-electron chi connectivity index (χ1n) is 5.77. The second-order valence-corrected chi connectivity index (χ2v) is 10.1. The Morgan fingerprint density at radius 3 is 2.70 bits per heavy atom. The van der Waals surface area contributed by atoms with Crippen molar-refractivity contribution in [2.75, 3.05) is 19.3 Å². The van der Waals surface area contributed by atoms with Crippen LogP contribution in [-0.2, 0) is 20.0 Å². The topological polar surface area (TPSA) is 96.4 Å². The Labute approximate surface area is 127 Å². The van der Waals surface area contributed by atoms with Gasteiger partial charge >= 0.3 is 0 Å². The minimum Gasteiger partial charge on any atom is -0.232 e. The zero-order chi connectivity index (χ0) is 15.0. The lowest BCUT2D eigenvalue weighted by Crippen LogP contribution is -2.49. The largest absolute Gasteiger partial charge is 0.254 e. The third-order valence-electron chi connectivity index (χ3n) is 2.82. The van der Waals surface area contributed by atoms with Crippen molar-refractivity contribution in [1.82, 2.24) is 14.0 Å². The van der Waals surface area contributed by atoms with E-state index in [0.29, 0.717) is 19.4 Å². The van der Waals surface area contributed by atoms with E-state index in [1.54, 1.807) is 0 Å². The summed E-state index contributed by atoms with van der Waals surface area (Å²) >= 11 is 6.54. The normalized spacial score (nSPS) is 22.0. The highest BCUT2D eigenvalue weighted by molar-refractivity contribution is 7.91. The molecule has 1 unspecified atom stereocenters. The van der Waals surface area contributed by atoms with Gasteiger partial charge in [-0.05, 0) is 12.8 Å². The molecule has 1 atom stereocenters. The lowest BCUT2D eigenvalue weighted by atomic mass is 10.1. The molecule has 0 spiro atoms. The second kappa shape index (κ2) is 5.85. The summed E-state index contributed by atoms with van der Waals surface area (Å²) in [6.45, 7) is 0.477. The van der Waals surface area contributed by atoms with Gasteiger partial charge in [-0.1, -0.05) is 22.9 Å². The molecular weight excluding hydrogens is 346 g/mol. The predicted molar refractivity (Wildman–Crippen MR) is 76.9 cm³/mol. The van der Waals surface area contributed by atoms with Gasteiger partial charge < -0.3 is 0 Å². The number of aromatic nitrogens is 1. The van der Waals surface area contributed by atoms with Gasteiger partial charge in [0.25, 0.3) is 10.0 Å². The van der Waals surface area contributed by atoms with E-state index in [0.717, 1.165) is 17.6 Å². The summed E-state index contributed by atoms with van der Waals surface area (Å²) in [6, 6.07) is -0.406. The summed E-state index contributed by atoms with van der Waals surface area (Å²) in [6.07, 6.45) is 3.49. The van der Waals surface area contributed by atoms with E-state index >= 15 is 0 Å². The molecule has 20 heavy (non-hydrogen) atoms. The van der Waals surface area contributed by atoms with Crippen LogP contribution < -0.4 is 4.72 Å². The first-order chi connectivity index (χ1) is 9.18. The highest BCUT2D eigenvalue weighted by atomic mass is 35.5. The highest BCUT2D eigenvalue weighted by Gasteiger charge is 2.32. The van der Waals surface area contributed by atoms with Gasteiger partial charge in [-0.3, -0.25) is 0 Å². The second-order valence-electron chi connectivity index (χ2n) is 4.52. The fourth-order valence-corrected chi connectivity index (χ4v) is 5.82. The number of piperidine rings is 1. The van der Waals surface area contributed by atoms with Crippen molar-refractivity contribution in [2.24, 2.45) is 0 Å². The lowest BCUT2D eigenvalue weighted by molar-refractivity contribution is 0.304. The molecule has 1 aromatic rings. The van der Waals surface area contributed by atoms with Crippen molar-refractivity contribution in [3.63, 3.8) is 0 Å². The Bertz CT molecular complexity index is 685. The van der Waals surface area contributed by atoms with E-state index in [1.165, 1.54) is 10.5 Å². The highest BCUT2D eigenvalue weighted by Crippen LogP contribution is 2.27. The molecule has 0 bridgehead atoms. The monoisotopic (exact) mass is 359 g/mol. The fourth-order valence-electron chi connectivity index (χ4n) is 2.05. The number of sulfonamides is 2. The van der Waals surface area contributed by atoms with E-state index in [9.17, 15) is 16.8 Å². The van der Waals surface area contributed by atoms with E-state index < -0.39 is 26.1 Å². The van der Waals surface area contributed by atoms with Crippen LogP contribution in [0.5, 0.6) is 0 Å². The number of hydrogen-bond donors (Lipinski definition) is 1. The molecule has 2 rings (SSSR count). The van der Waals surface area contributed by atoms with Crippen LogP contribution in [0.25, 0.3) is 0 Å². The van der Waals surface area contributed by atoms with Crippen LogP contribution in [0, 0.1) is 0 Å². The van der Waals surface area contributed by atoms with Crippen LogP contribution in [0.1, 0.15) is 12.8 Å². The van der Waals surface area contributed by atoms with Gasteiger partial charge in [-0.15, -0.1) is 0 Å². The SMILES string of the molecule is CS(=O)(=O)NC1CCCN(S(=O)(=O)c2cnc(Cl)s2)C1. The molecule has 0 radical (unpaired) electrons. The molecule has 7 nitrogen and oxygen atoms in total. The van der Waals surface area contributed by atoms with Crippen molar-refractivity contribution < 1.29 is 16.8 Å². The van der Waals surface area contributed by atoms with Gasteiger partial charge in [0.05, 0.1) is 12.5 Å². The lowest BCUT2D eigenvalue weighted by Gasteiger charge is -2.31. The van der Waals surface area contributed by atoms with Crippen molar-refractivity contribution in [3.8, 4) is 0 Å². The minimum atomic E-state index is -3.66. The Hall–Kier alpha value is -0.260. The number of hydrogen-bond acceptors (Lipinski definition) is 6. The molecule has 1 aromatic heterocycles. The summed E-state index contributed by atoms with van der Waals surface area (Å²) in [4.78, 5) is 3.72. The van der Waals surface area contributed by atoms with Crippen LogP contribution >= 0.6 is 22.9 Å². The van der Waals surface area contributed by atoms with Crippen molar-refractivity contribution in [1.29, 1.82) is 0 Å². The molecule has 1 aliphatic rings. The smallest absolute Gasteiger partial charge is 0.232 e. The number of nitrogens with zero attached hydrogens (tertiary/aromatic N) is 2. The molecule has 0 aromatic carbocycles. The third kappa shape index (κ3) is 3.89. The summed E-state index contributed by atoms with van der Waals surface area (Å²) in [5.41, 5.74) is 0. The summed E-state index contributed by atoms with van der Waals surface area (Å²) in [5, 5.41) is 0. The van der Waals surface area contributed by atoms with Crippen molar-refractivity contribution in [2.45, 2.75) is 23.1 Å². The summed E-state index contributed by atoms with van der Waals surface area (Å²) in [5.74, 6) is 0. The number of rotatable bonds is 4. The number of nitrogens with one attached hydrogen (secondary N) is 1. The van der Waals surface area contributed by atoms with E-state index in [1.807, 2.05) is 0 Å². The van der Waals surface area contributed by atoms with Crippen LogP contribution in [-0.4, -0.2) is 51.5 Å². The van der Waals surface area contributed by atoms with Gasteiger partial charge in [0.15, 0.2) is 8.68 Å². The molecule has 11 heteroatoms. The standard InChI is InChI=1S/C9H14ClN3O4S3/c1-19(14,15)12-7-3-2-4-13(6-7)20(16,17)8-5-11-9(10)18-8/h5,7,12H,2-4,6H2,1H3. The maximum atomic E-state index is 12.4. The quantitative estimate of drug-likeness (QED) is 0.844. The number of thiazole rings is 1. The molecule has 0 aliphatic carbocycles. The van der Waals surface area contributed by atoms with Crippen LogP contribution in [0.15, 0.2) is 10.4 Å². The zero-order valence-electron chi connectivity index (χ0n) is 10.6. The van der Waals surface area contributed by atoms with Crippen molar-refractivity contribution in [3.05, 3.63) is 10.7 Å². The van der Waals surface area contributed by atoms with Crippen molar-refractivity contribution >= 4 is 43.0 Å². The molecule has 0 saturated carbocycles. The van der Waals surface area contributed by atoms with E-state index in [2.05, 4.69) is 9.71 Å². The molecule has 1 fully saturated rings. The van der Waals surface area contributed by atoms with Gasteiger partial charge in [0.2, 0.25) is 10.0 Å². The Morgan fingerprint density at radius 2 is 2.15 bits per heavy atom. The van der Waals surface area contributed by atoms with Gasteiger partial charge in [-0.25, -0.2) is 26.5 Å². The first kappa shape index (κ1) is 16.1. The average Bonchev–Trinajstić information content (AvgIpc) is 2.74. The van der Waals surface area contributed by atoms with E-state index in [-0.39, 0.29) is 15.2 Å². The van der Waals surface area contributed by atoms with Gasteiger partial charge in [0.1, 0.15) is 0 Å². The zero-order valence-corrected chi connectivity index (χ0v) is 13.8. The molecular formula is C9H14ClN3O4S3. The molecule has 114 valence electrons. The predicted octanol–water partition coefficient (Wildman–Crippen LogP) is 0.499. The van der Waals surface area contributed by atoms with Crippen LogP contribution in [0.2, 0.25) is 4.47 Å². The van der Waals surface area contributed by atoms with Gasteiger partial charge in [-0.2, -0.15) is 4.31 Å². The Balaban J connectivity index is 2.16. The summed E-state index contributed by atoms with van der Waals surface area (Å²) in [7, 11) is -7.02. The maximum absolute atomic E-state index is 12.4. The Kier molecular flexibility index (Phi) is 4.72. The van der Waals surface area contributed by atoms with E-state index in [4.69, 9.17) is 11.6 Å². The molecule has 1 saturated heterocycles. The van der Waals surface area contributed by atoms with Crippen LogP contribution in [0.3, 0.4) is 0 Å². The molecule has 2 heterocycles. The Morgan fingerprint density at radius 1 is 1.45 bits per heavy atom. The third-order valence-corrected chi connectivity index (χ3v) is 6.99.